The van der Waals surface area contributed by atoms with E-state index < -0.39 is 0 Å². The van der Waals surface area contributed by atoms with Gasteiger partial charge in [0.1, 0.15) is 4.47 Å². The minimum absolute atomic E-state index is 0.175. The first-order valence-corrected chi connectivity index (χ1v) is 7.55. The summed E-state index contributed by atoms with van der Waals surface area (Å²) in [5.74, 6) is 0. The maximum Gasteiger partial charge on any atom is 0.283 e. The molecule has 1 heterocycles. The number of hydrogen-bond donors (Lipinski definition) is 1. The summed E-state index contributed by atoms with van der Waals surface area (Å²) in [6.45, 7) is 4.61. The summed E-state index contributed by atoms with van der Waals surface area (Å²) >= 11 is 6.70. The van der Waals surface area contributed by atoms with Gasteiger partial charge in [0.2, 0.25) is 0 Å². The standard InChI is InChI=1S/C14H13Br2N3O/c1-2-7-19-14(20)13(16)12(9-18-19)17-8-10-3-5-11(15)6-4-10/h2-6,9,17H,1,7-8H2. The fourth-order valence-electron chi connectivity index (χ4n) is 1.64. The molecule has 0 amide bonds. The molecule has 0 saturated heterocycles. The molecule has 0 aliphatic rings. The number of halogens is 2. The Hall–Kier alpha value is -1.40. The van der Waals surface area contributed by atoms with Crippen LogP contribution in [-0.4, -0.2) is 9.78 Å². The molecule has 2 aromatic rings. The molecule has 0 aliphatic carbocycles. The van der Waals surface area contributed by atoms with E-state index in [-0.39, 0.29) is 5.56 Å². The largest absolute Gasteiger partial charge is 0.379 e. The van der Waals surface area contributed by atoms with Gasteiger partial charge in [0.25, 0.3) is 5.56 Å². The average molecular weight is 399 g/mol. The SMILES string of the molecule is C=CCn1ncc(NCc2ccc(Br)cc2)c(Br)c1=O. The Morgan fingerprint density at radius 3 is 2.65 bits per heavy atom. The van der Waals surface area contributed by atoms with Crippen molar-refractivity contribution in [2.24, 2.45) is 0 Å². The van der Waals surface area contributed by atoms with Crippen LogP contribution >= 0.6 is 31.9 Å². The summed E-state index contributed by atoms with van der Waals surface area (Å²) in [5, 5.41) is 7.28. The van der Waals surface area contributed by atoms with Crippen LogP contribution in [0.15, 0.2) is 56.9 Å². The van der Waals surface area contributed by atoms with Gasteiger partial charge in [-0.15, -0.1) is 6.58 Å². The fraction of sp³-hybridized carbons (Fsp3) is 0.143. The summed E-state index contributed by atoms with van der Waals surface area (Å²) in [6, 6.07) is 7.98. The van der Waals surface area contributed by atoms with Crippen LogP contribution in [0.5, 0.6) is 0 Å². The lowest BCUT2D eigenvalue weighted by molar-refractivity contribution is 0.649. The molecule has 104 valence electrons. The molecule has 1 aromatic heterocycles. The number of hydrogen-bond acceptors (Lipinski definition) is 3. The third kappa shape index (κ3) is 3.58. The predicted octanol–water partition coefficient (Wildman–Crippen LogP) is 3.57. The summed E-state index contributed by atoms with van der Waals surface area (Å²) < 4.78 is 2.87. The average Bonchev–Trinajstić information content (AvgIpc) is 2.45. The third-order valence-electron chi connectivity index (χ3n) is 2.68. The van der Waals surface area contributed by atoms with E-state index in [1.807, 2.05) is 24.3 Å². The number of anilines is 1. The van der Waals surface area contributed by atoms with Gasteiger partial charge in [-0.25, -0.2) is 4.68 Å². The lowest BCUT2D eigenvalue weighted by Crippen LogP contribution is -2.23. The molecule has 0 atom stereocenters. The Morgan fingerprint density at radius 2 is 2.00 bits per heavy atom. The molecule has 0 saturated carbocycles. The first-order valence-electron chi connectivity index (χ1n) is 5.96. The van der Waals surface area contributed by atoms with Crippen LogP contribution in [0.4, 0.5) is 5.69 Å². The van der Waals surface area contributed by atoms with E-state index in [9.17, 15) is 4.79 Å². The molecule has 0 unspecified atom stereocenters. The zero-order chi connectivity index (χ0) is 14.5. The van der Waals surface area contributed by atoms with Crippen LogP contribution in [0.3, 0.4) is 0 Å². The Labute approximate surface area is 133 Å². The van der Waals surface area contributed by atoms with Crippen molar-refractivity contribution in [1.29, 1.82) is 0 Å². The second-order valence-electron chi connectivity index (χ2n) is 4.13. The summed E-state index contributed by atoms with van der Waals surface area (Å²) in [7, 11) is 0. The normalized spacial score (nSPS) is 10.3. The van der Waals surface area contributed by atoms with Gasteiger partial charge in [-0.2, -0.15) is 5.10 Å². The van der Waals surface area contributed by atoms with E-state index in [0.29, 0.717) is 23.2 Å². The lowest BCUT2D eigenvalue weighted by Gasteiger charge is -2.09. The highest BCUT2D eigenvalue weighted by Crippen LogP contribution is 2.18. The van der Waals surface area contributed by atoms with Gasteiger partial charge >= 0.3 is 0 Å². The summed E-state index contributed by atoms with van der Waals surface area (Å²) in [6.07, 6.45) is 3.27. The quantitative estimate of drug-likeness (QED) is 0.783. The molecule has 1 aromatic carbocycles. The zero-order valence-corrected chi connectivity index (χ0v) is 13.8. The second-order valence-corrected chi connectivity index (χ2v) is 5.84. The number of rotatable bonds is 5. The van der Waals surface area contributed by atoms with E-state index in [1.54, 1.807) is 12.3 Å². The maximum atomic E-state index is 12.0. The van der Waals surface area contributed by atoms with Crippen molar-refractivity contribution in [2.75, 3.05) is 5.32 Å². The van der Waals surface area contributed by atoms with E-state index in [4.69, 9.17) is 0 Å². The van der Waals surface area contributed by atoms with Crippen LogP contribution in [0.2, 0.25) is 0 Å². The molecule has 6 heteroatoms. The molecule has 2 rings (SSSR count). The Bertz CT molecular complexity index is 665. The first-order chi connectivity index (χ1) is 9.61. The highest BCUT2D eigenvalue weighted by molar-refractivity contribution is 9.10. The first kappa shape index (κ1) is 15.0. The van der Waals surface area contributed by atoms with Crippen molar-refractivity contribution < 1.29 is 0 Å². The van der Waals surface area contributed by atoms with Crippen molar-refractivity contribution in [3.63, 3.8) is 0 Å². The predicted molar refractivity (Wildman–Crippen MR) is 87.9 cm³/mol. The zero-order valence-electron chi connectivity index (χ0n) is 10.6. The van der Waals surface area contributed by atoms with Gasteiger partial charge in [-0.05, 0) is 33.6 Å². The van der Waals surface area contributed by atoms with Crippen molar-refractivity contribution >= 4 is 37.5 Å². The topological polar surface area (TPSA) is 46.9 Å². The Morgan fingerprint density at radius 1 is 1.30 bits per heavy atom. The van der Waals surface area contributed by atoms with Gasteiger partial charge in [-0.1, -0.05) is 34.1 Å². The van der Waals surface area contributed by atoms with Crippen LogP contribution in [0.1, 0.15) is 5.56 Å². The Balaban J connectivity index is 2.14. The lowest BCUT2D eigenvalue weighted by atomic mass is 10.2. The number of nitrogens with zero attached hydrogens (tertiary/aromatic N) is 2. The van der Waals surface area contributed by atoms with Crippen molar-refractivity contribution in [1.82, 2.24) is 9.78 Å². The van der Waals surface area contributed by atoms with Crippen LogP contribution < -0.4 is 10.9 Å². The van der Waals surface area contributed by atoms with Gasteiger partial charge < -0.3 is 5.32 Å². The minimum atomic E-state index is -0.175. The number of benzene rings is 1. The van der Waals surface area contributed by atoms with E-state index in [0.717, 1.165) is 10.0 Å². The van der Waals surface area contributed by atoms with Gasteiger partial charge in [0.05, 0.1) is 18.4 Å². The number of aromatic nitrogens is 2. The van der Waals surface area contributed by atoms with Gasteiger partial charge in [-0.3, -0.25) is 4.79 Å². The molecule has 0 radical (unpaired) electrons. The van der Waals surface area contributed by atoms with E-state index >= 15 is 0 Å². The minimum Gasteiger partial charge on any atom is -0.379 e. The van der Waals surface area contributed by atoms with Crippen LogP contribution in [-0.2, 0) is 13.1 Å². The highest BCUT2D eigenvalue weighted by atomic mass is 79.9. The molecule has 0 fully saturated rings. The number of allylic oxidation sites excluding steroid dienone is 1. The molecule has 20 heavy (non-hydrogen) atoms. The monoisotopic (exact) mass is 397 g/mol. The molecule has 0 bridgehead atoms. The van der Waals surface area contributed by atoms with E-state index in [1.165, 1.54) is 4.68 Å². The Kier molecular flexibility index (Phi) is 5.14. The van der Waals surface area contributed by atoms with Crippen LogP contribution in [0, 0.1) is 0 Å². The molecule has 0 spiro atoms. The third-order valence-corrected chi connectivity index (χ3v) is 3.98. The smallest absolute Gasteiger partial charge is 0.283 e. The molecular formula is C14H13Br2N3O. The number of nitrogens with one attached hydrogen (secondary N) is 1. The van der Waals surface area contributed by atoms with Gasteiger partial charge in [0, 0.05) is 11.0 Å². The molecular weight excluding hydrogens is 386 g/mol. The molecule has 1 N–H and O–H groups in total. The van der Waals surface area contributed by atoms with Gasteiger partial charge in [0.15, 0.2) is 0 Å². The molecule has 0 aliphatic heterocycles. The van der Waals surface area contributed by atoms with Crippen molar-refractivity contribution in [2.45, 2.75) is 13.1 Å². The highest BCUT2D eigenvalue weighted by Gasteiger charge is 2.07. The summed E-state index contributed by atoms with van der Waals surface area (Å²) in [5.41, 5.74) is 1.62. The van der Waals surface area contributed by atoms with Crippen molar-refractivity contribution in [3.8, 4) is 0 Å². The molecule has 4 nitrogen and oxygen atoms in total. The van der Waals surface area contributed by atoms with Crippen molar-refractivity contribution in [3.05, 3.63) is 68.0 Å². The van der Waals surface area contributed by atoms with Crippen LogP contribution in [0.25, 0.3) is 0 Å². The second kappa shape index (κ2) is 6.85. The maximum absolute atomic E-state index is 12.0. The fourth-order valence-corrected chi connectivity index (χ4v) is 2.35. The van der Waals surface area contributed by atoms with E-state index in [2.05, 4.69) is 48.9 Å². The summed E-state index contributed by atoms with van der Waals surface area (Å²) in [4.78, 5) is 12.0.